The van der Waals surface area contributed by atoms with Gasteiger partial charge in [-0.2, -0.15) is 23.0 Å². The Hall–Kier alpha value is -3.57. The summed E-state index contributed by atoms with van der Waals surface area (Å²) in [5.41, 5.74) is -0.904. The van der Waals surface area contributed by atoms with E-state index in [9.17, 15) is 26.4 Å². The minimum Gasteiger partial charge on any atom is -0.267 e. The van der Waals surface area contributed by atoms with E-state index < -0.39 is 27.3 Å². The van der Waals surface area contributed by atoms with Crippen molar-refractivity contribution < 1.29 is 21.6 Å². The summed E-state index contributed by atoms with van der Waals surface area (Å²) in [6.07, 6.45) is -3.15. The second-order valence-corrected chi connectivity index (χ2v) is 8.14. The molecule has 0 aliphatic rings. The first-order chi connectivity index (χ1) is 14.6. The number of alkyl halides is 3. The van der Waals surface area contributed by atoms with Crippen molar-refractivity contribution in [2.45, 2.75) is 11.1 Å². The van der Waals surface area contributed by atoms with Gasteiger partial charge in [-0.3, -0.25) is 9.78 Å². The Morgan fingerprint density at radius 2 is 1.68 bits per heavy atom. The largest absolute Gasteiger partial charge is 0.416 e. The number of benzene rings is 2. The lowest BCUT2D eigenvalue weighted by Crippen LogP contribution is -2.23. The average Bonchev–Trinajstić information content (AvgIpc) is 2.73. The first kappa shape index (κ1) is 20.7. The van der Waals surface area contributed by atoms with Crippen LogP contribution in [0, 0.1) is 0 Å². The van der Waals surface area contributed by atoms with Gasteiger partial charge < -0.3 is 0 Å². The van der Waals surface area contributed by atoms with E-state index in [4.69, 9.17) is 5.14 Å². The van der Waals surface area contributed by atoms with E-state index in [-0.39, 0.29) is 32.7 Å². The molecule has 31 heavy (non-hydrogen) atoms. The Balaban J connectivity index is 1.98. The lowest BCUT2D eigenvalue weighted by molar-refractivity contribution is -0.137. The number of hydrogen-bond acceptors (Lipinski definition) is 5. The van der Waals surface area contributed by atoms with Gasteiger partial charge in [-0.15, -0.1) is 0 Å². The number of nitrogens with two attached hydrogens (primary N) is 1. The van der Waals surface area contributed by atoms with Crippen molar-refractivity contribution in [1.82, 2.24) is 14.8 Å². The summed E-state index contributed by atoms with van der Waals surface area (Å²) in [4.78, 5) is 16.9. The molecule has 2 aromatic heterocycles. The molecule has 0 aliphatic carbocycles. The third-order valence-electron chi connectivity index (χ3n) is 4.53. The minimum absolute atomic E-state index is 0.0665. The fourth-order valence-electron chi connectivity index (χ4n) is 3.06. The highest BCUT2D eigenvalue weighted by Gasteiger charge is 2.31. The van der Waals surface area contributed by atoms with E-state index in [1.165, 1.54) is 54.7 Å². The second kappa shape index (κ2) is 7.29. The van der Waals surface area contributed by atoms with Crippen molar-refractivity contribution >= 4 is 20.9 Å². The lowest BCUT2D eigenvalue weighted by atomic mass is 10.1. The second-order valence-electron chi connectivity index (χ2n) is 6.58. The molecule has 0 spiro atoms. The van der Waals surface area contributed by atoms with Gasteiger partial charge >= 0.3 is 6.18 Å². The molecule has 11 heteroatoms. The molecule has 0 aliphatic heterocycles. The van der Waals surface area contributed by atoms with Crippen molar-refractivity contribution in [3.05, 3.63) is 82.8 Å². The number of primary sulfonamides is 1. The molecule has 0 saturated heterocycles. The molecule has 158 valence electrons. The Morgan fingerprint density at radius 1 is 0.968 bits per heavy atom. The third-order valence-corrected chi connectivity index (χ3v) is 5.46. The molecule has 0 fully saturated rings. The van der Waals surface area contributed by atoms with Gasteiger partial charge in [-0.1, -0.05) is 12.1 Å². The normalized spacial score (nSPS) is 12.3. The lowest BCUT2D eigenvalue weighted by Gasteiger charge is -2.12. The van der Waals surface area contributed by atoms with Gasteiger partial charge in [-0.05, 0) is 48.5 Å². The number of halogens is 3. The number of aromatic nitrogens is 3. The van der Waals surface area contributed by atoms with Gasteiger partial charge in [0.25, 0.3) is 5.56 Å². The monoisotopic (exact) mass is 446 g/mol. The third kappa shape index (κ3) is 3.92. The Kier molecular flexibility index (Phi) is 4.86. The zero-order valence-electron chi connectivity index (χ0n) is 15.5. The van der Waals surface area contributed by atoms with E-state index in [2.05, 4.69) is 10.1 Å². The van der Waals surface area contributed by atoms with Crippen LogP contribution in [0.2, 0.25) is 0 Å². The van der Waals surface area contributed by atoms with Crippen LogP contribution in [-0.4, -0.2) is 23.2 Å². The van der Waals surface area contributed by atoms with Crippen molar-refractivity contribution in [2.24, 2.45) is 5.14 Å². The molecule has 0 atom stereocenters. The summed E-state index contributed by atoms with van der Waals surface area (Å²) in [6, 6.07) is 12.6. The summed E-state index contributed by atoms with van der Waals surface area (Å²) in [5, 5.41) is 9.48. The summed E-state index contributed by atoms with van der Waals surface area (Å²) in [5.74, 6) is 0. The first-order valence-electron chi connectivity index (χ1n) is 8.74. The molecular weight excluding hydrogens is 433 g/mol. The summed E-state index contributed by atoms with van der Waals surface area (Å²) in [6.45, 7) is 0. The molecule has 2 N–H and O–H groups in total. The number of rotatable bonds is 3. The quantitative estimate of drug-likeness (QED) is 0.520. The summed E-state index contributed by atoms with van der Waals surface area (Å²) < 4.78 is 63.5. The van der Waals surface area contributed by atoms with Gasteiger partial charge in [0.05, 0.1) is 21.5 Å². The molecular formula is C20H13F3N4O3S. The maximum atomic E-state index is 13.2. The van der Waals surface area contributed by atoms with Gasteiger partial charge in [0.1, 0.15) is 11.2 Å². The Labute approximate surface area is 173 Å². The van der Waals surface area contributed by atoms with Crippen LogP contribution in [0.1, 0.15) is 5.56 Å². The standard InChI is InChI=1S/C20H13F3N4O3S/c21-20(22,23)13-4-1-3-12(11-13)17-18-16(5-2-10-25-18)19(28)27(26-17)14-6-8-15(9-7-14)31(24,29)30/h1-11H,(H2,24,29,30). The molecule has 4 rings (SSSR count). The zero-order valence-corrected chi connectivity index (χ0v) is 16.4. The molecule has 0 unspecified atom stereocenters. The van der Waals surface area contributed by atoms with Crippen molar-refractivity contribution in [1.29, 1.82) is 0 Å². The van der Waals surface area contributed by atoms with Crippen LogP contribution < -0.4 is 10.7 Å². The number of pyridine rings is 1. The van der Waals surface area contributed by atoms with E-state index in [0.29, 0.717) is 0 Å². The van der Waals surface area contributed by atoms with Crippen LogP contribution in [0.15, 0.2) is 76.6 Å². The molecule has 4 aromatic rings. The fourth-order valence-corrected chi connectivity index (χ4v) is 3.58. The number of fused-ring (bicyclic) bond motifs is 1. The van der Waals surface area contributed by atoms with E-state index in [0.717, 1.165) is 16.8 Å². The molecule has 0 amide bonds. The van der Waals surface area contributed by atoms with Crippen molar-refractivity contribution in [2.75, 3.05) is 0 Å². The van der Waals surface area contributed by atoms with Crippen LogP contribution in [-0.2, 0) is 16.2 Å². The van der Waals surface area contributed by atoms with Gasteiger partial charge in [0, 0.05) is 11.8 Å². The Morgan fingerprint density at radius 3 is 2.32 bits per heavy atom. The topological polar surface area (TPSA) is 108 Å². The first-order valence-corrected chi connectivity index (χ1v) is 10.3. The molecule has 0 bridgehead atoms. The number of nitrogens with zero attached hydrogens (tertiary/aromatic N) is 3. The fraction of sp³-hybridized carbons (Fsp3) is 0.0500. The maximum Gasteiger partial charge on any atom is 0.416 e. The van der Waals surface area contributed by atoms with Gasteiger partial charge in [0.2, 0.25) is 10.0 Å². The van der Waals surface area contributed by atoms with E-state index in [1.54, 1.807) is 0 Å². The van der Waals surface area contributed by atoms with Crippen LogP contribution in [0.25, 0.3) is 27.8 Å². The predicted molar refractivity (Wildman–Crippen MR) is 107 cm³/mol. The van der Waals surface area contributed by atoms with Crippen LogP contribution >= 0.6 is 0 Å². The SMILES string of the molecule is NS(=O)(=O)c1ccc(-n2nc(-c3cccc(C(F)(F)F)c3)c3ncccc3c2=O)cc1. The predicted octanol–water partition coefficient (Wildman–Crippen LogP) is 3.11. The molecule has 2 aromatic carbocycles. The van der Waals surface area contributed by atoms with Crippen LogP contribution in [0.4, 0.5) is 13.2 Å². The molecule has 2 heterocycles. The smallest absolute Gasteiger partial charge is 0.267 e. The molecule has 0 radical (unpaired) electrons. The number of sulfonamides is 1. The van der Waals surface area contributed by atoms with Crippen molar-refractivity contribution in [3.8, 4) is 16.9 Å². The Bertz CT molecular complexity index is 1460. The minimum atomic E-state index is -4.56. The maximum absolute atomic E-state index is 13.2. The number of hydrogen-bond donors (Lipinski definition) is 1. The molecule has 0 saturated carbocycles. The van der Waals surface area contributed by atoms with E-state index >= 15 is 0 Å². The molecule has 7 nitrogen and oxygen atoms in total. The van der Waals surface area contributed by atoms with Gasteiger partial charge in [0.15, 0.2) is 0 Å². The van der Waals surface area contributed by atoms with Crippen LogP contribution in [0.5, 0.6) is 0 Å². The van der Waals surface area contributed by atoms with Gasteiger partial charge in [-0.25, -0.2) is 13.6 Å². The highest BCUT2D eigenvalue weighted by atomic mass is 32.2. The summed E-state index contributed by atoms with van der Waals surface area (Å²) in [7, 11) is -3.94. The van der Waals surface area contributed by atoms with Crippen LogP contribution in [0.3, 0.4) is 0 Å². The highest BCUT2D eigenvalue weighted by Crippen LogP contribution is 2.33. The van der Waals surface area contributed by atoms with E-state index in [1.807, 2.05) is 0 Å². The zero-order chi connectivity index (χ0) is 22.4. The van der Waals surface area contributed by atoms with Crippen molar-refractivity contribution in [3.63, 3.8) is 0 Å². The summed E-state index contributed by atoms with van der Waals surface area (Å²) >= 11 is 0. The average molecular weight is 446 g/mol. The highest BCUT2D eigenvalue weighted by molar-refractivity contribution is 7.89.